The summed E-state index contributed by atoms with van der Waals surface area (Å²) in [5, 5.41) is 4.40. The van der Waals surface area contributed by atoms with Gasteiger partial charge in [-0.2, -0.15) is 0 Å². The van der Waals surface area contributed by atoms with Gasteiger partial charge in [0.15, 0.2) is 0 Å². The molecule has 3 amide bonds. The van der Waals surface area contributed by atoms with Crippen LogP contribution in [0.4, 0.5) is 0 Å². The molecule has 23 heavy (non-hydrogen) atoms. The first kappa shape index (κ1) is 13.9. The topological polar surface area (TPSA) is 66.5 Å². The lowest BCUT2D eigenvalue weighted by Gasteiger charge is -2.36. The summed E-state index contributed by atoms with van der Waals surface area (Å²) in [6.45, 7) is 2.43. The summed E-state index contributed by atoms with van der Waals surface area (Å²) >= 11 is 0. The summed E-state index contributed by atoms with van der Waals surface area (Å²) in [6.07, 6.45) is 0.652. The predicted molar refractivity (Wildman–Crippen MR) is 84.7 cm³/mol. The normalized spacial score (nSPS) is 20.8. The third-order valence-corrected chi connectivity index (χ3v) is 4.76. The zero-order chi connectivity index (χ0) is 16.1. The Morgan fingerprint density at radius 2 is 1.96 bits per heavy atom. The SMILES string of the molecule is Cc1ccc2c3c(cccc13)CN(C1CCC(=O)NC1=O)C2=O. The van der Waals surface area contributed by atoms with Crippen molar-refractivity contribution >= 4 is 28.5 Å². The van der Waals surface area contributed by atoms with E-state index in [9.17, 15) is 14.4 Å². The highest BCUT2D eigenvalue weighted by Crippen LogP contribution is 2.33. The van der Waals surface area contributed by atoms with Gasteiger partial charge >= 0.3 is 0 Å². The number of piperidine rings is 1. The number of nitrogens with one attached hydrogen (secondary N) is 1. The second-order valence-corrected chi connectivity index (χ2v) is 6.17. The molecule has 2 aromatic rings. The Balaban J connectivity index is 1.80. The van der Waals surface area contributed by atoms with Crippen molar-refractivity contribution in [2.75, 3.05) is 0 Å². The molecule has 2 heterocycles. The van der Waals surface area contributed by atoms with E-state index in [1.165, 1.54) is 0 Å². The summed E-state index contributed by atoms with van der Waals surface area (Å²) < 4.78 is 0. The molecular weight excluding hydrogens is 292 g/mol. The Kier molecular flexibility index (Phi) is 2.98. The maximum atomic E-state index is 12.9. The van der Waals surface area contributed by atoms with Gasteiger partial charge in [-0.1, -0.05) is 24.3 Å². The molecule has 0 spiro atoms. The fourth-order valence-corrected chi connectivity index (χ4v) is 3.58. The number of amides is 3. The minimum atomic E-state index is -0.579. The fraction of sp³-hybridized carbons (Fsp3) is 0.278. The zero-order valence-corrected chi connectivity index (χ0v) is 12.8. The van der Waals surface area contributed by atoms with E-state index in [2.05, 4.69) is 5.32 Å². The molecule has 0 aromatic heterocycles. The van der Waals surface area contributed by atoms with Gasteiger partial charge in [-0.15, -0.1) is 0 Å². The van der Waals surface area contributed by atoms with Crippen LogP contribution in [-0.2, 0) is 16.1 Å². The summed E-state index contributed by atoms with van der Waals surface area (Å²) in [7, 11) is 0. The minimum absolute atomic E-state index is 0.136. The Hall–Kier alpha value is -2.69. The van der Waals surface area contributed by atoms with Gasteiger partial charge in [0.05, 0.1) is 0 Å². The maximum absolute atomic E-state index is 12.9. The molecule has 4 rings (SSSR count). The van der Waals surface area contributed by atoms with Crippen molar-refractivity contribution in [2.45, 2.75) is 32.4 Å². The molecule has 0 aliphatic carbocycles. The van der Waals surface area contributed by atoms with E-state index in [1.54, 1.807) is 4.90 Å². The van der Waals surface area contributed by atoms with Crippen molar-refractivity contribution in [1.29, 1.82) is 0 Å². The second-order valence-electron chi connectivity index (χ2n) is 6.17. The van der Waals surface area contributed by atoms with E-state index in [0.29, 0.717) is 18.5 Å². The van der Waals surface area contributed by atoms with Crippen LogP contribution in [0.3, 0.4) is 0 Å². The van der Waals surface area contributed by atoms with E-state index in [0.717, 1.165) is 21.9 Å². The molecule has 1 N–H and O–H groups in total. The first-order valence-electron chi connectivity index (χ1n) is 7.72. The van der Waals surface area contributed by atoms with Crippen molar-refractivity contribution in [3.8, 4) is 0 Å². The van der Waals surface area contributed by atoms with Crippen LogP contribution >= 0.6 is 0 Å². The van der Waals surface area contributed by atoms with Crippen LogP contribution in [0.15, 0.2) is 30.3 Å². The van der Waals surface area contributed by atoms with Crippen LogP contribution in [0, 0.1) is 6.92 Å². The Morgan fingerprint density at radius 3 is 2.74 bits per heavy atom. The standard InChI is InChI=1S/C18H16N2O3/c1-10-5-6-13-16-11(3-2-4-12(10)16)9-20(18(13)23)14-7-8-15(21)19-17(14)22/h2-6,14H,7-9H2,1H3,(H,19,21,22). The number of nitrogens with zero attached hydrogens (tertiary/aromatic N) is 1. The third-order valence-electron chi connectivity index (χ3n) is 4.76. The molecule has 1 fully saturated rings. The first-order valence-corrected chi connectivity index (χ1v) is 7.72. The van der Waals surface area contributed by atoms with Crippen LogP contribution in [0.2, 0.25) is 0 Å². The van der Waals surface area contributed by atoms with E-state index in [1.807, 2.05) is 37.3 Å². The van der Waals surface area contributed by atoms with Gasteiger partial charge in [0, 0.05) is 18.5 Å². The van der Waals surface area contributed by atoms with Crippen LogP contribution in [0.25, 0.3) is 10.8 Å². The van der Waals surface area contributed by atoms with Crippen molar-refractivity contribution in [3.05, 3.63) is 47.0 Å². The lowest BCUT2D eigenvalue weighted by atomic mass is 9.90. The van der Waals surface area contributed by atoms with Gasteiger partial charge in [-0.25, -0.2) is 0 Å². The molecule has 1 saturated heterocycles. The summed E-state index contributed by atoms with van der Waals surface area (Å²) in [4.78, 5) is 38.0. The molecule has 1 atom stereocenters. The van der Waals surface area contributed by atoms with Crippen molar-refractivity contribution in [1.82, 2.24) is 10.2 Å². The number of benzene rings is 2. The Bertz CT molecular complexity index is 872. The average Bonchev–Trinajstić information content (AvgIpc) is 2.53. The van der Waals surface area contributed by atoms with Crippen molar-refractivity contribution in [2.24, 2.45) is 0 Å². The monoisotopic (exact) mass is 308 g/mol. The molecule has 5 nitrogen and oxygen atoms in total. The van der Waals surface area contributed by atoms with Gasteiger partial charge in [0.2, 0.25) is 11.8 Å². The second kappa shape index (κ2) is 4.91. The molecular formula is C18H16N2O3. The van der Waals surface area contributed by atoms with Crippen LogP contribution in [-0.4, -0.2) is 28.7 Å². The van der Waals surface area contributed by atoms with Crippen molar-refractivity contribution < 1.29 is 14.4 Å². The number of rotatable bonds is 1. The fourth-order valence-electron chi connectivity index (χ4n) is 3.58. The number of aryl methyl sites for hydroxylation is 1. The molecule has 2 aliphatic rings. The third kappa shape index (κ3) is 2.04. The maximum Gasteiger partial charge on any atom is 0.255 e. The zero-order valence-electron chi connectivity index (χ0n) is 12.8. The molecule has 116 valence electrons. The van der Waals surface area contributed by atoms with Gasteiger partial charge in [0.25, 0.3) is 5.91 Å². The molecule has 0 bridgehead atoms. The predicted octanol–water partition coefficient (Wildman–Crippen LogP) is 1.91. The lowest BCUT2D eigenvalue weighted by Crippen LogP contribution is -2.54. The largest absolute Gasteiger partial charge is 0.322 e. The Morgan fingerprint density at radius 1 is 1.13 bits per heavy atom. The molecule has 0 saturated carbocycles. The Labute approximate surface area is 133 Å². The number of imide groups is 1. The van der Waals surface area contributed by atoms with E-state index >= 15 is 0 Å². The van der Waals surface area contributed by atoms with E-state index in [-0.39, 0.29) is 24.1 Å². The lowest BCUT2D eigenvalue weighted by molar-refractivity contribution is -0.137. The van der Waals surface area contributed by atoms with Gasteiger partial charge < -0.3 is 4.90 Å². The summed E-state index contributed by atoms with van der Waals surface area (Å²) in [6, 6.07) is 9.19. The molecule has 0 radical (unpaired) electrons. The van der Waals surface area contributed by atoms with Crippen molar-refractivity contribution in [3.63, 3.8) is 0 Å². The minimum Gasteiger partial charge on any atom is -0.322 e. The molecule has 2 aliphatic heterocycles. The van der Waals surface area contributed by atoms with E-state index < -0.39 is 6.04 Å². The molecule has 1 unspecified atom stereocenters. The molecule has 5 heteroatoms. The van der Waals surface area contributed by atoms with E-state index in [4.69, 9.17) is 0 Å². The quantitative estimate of drug-likeness (QED) is 0.818. The smallest absolute Gasteiger partial charge is 0.255 e. The van der Waals surface area contributed by atoms with Crippen LogP contribution < -0.4 is 5.32 Å². The highest BCUT2D eigenvalue weighted by atomic mass is 16.2. The number of carbonyl (C=O) groups excluding carboxylic acids is 3. The number of carbonyl (C=O) groups is 3. The summed E-state index contributed by atoms with van der Waals surface area (Å²) in [5.41, 5.74) is 2.82. The van der Waals surface area contributed by atoms with Crippen LogP contribution in [0.1, 0.15) is 34.3 Å². The number of hydrogen-bond donors (Lipinski definition) is 1. The van der Waals surface area contributed by atoms with Gasteiger partial charge in [-0.05, 0) is 41.3 Å². The average molecular weight is 308 g/mol. The first-order chi connectivity index (χ1) is 11.1. The van der Waals surface area contributed by atoms with Gasteiger partial charge in [-0.3, -0.25) is 19.7 Å². The number of hydrogen-bond acceptors (Lipinski definition) is 3. The summed E-state index contributed by atoms with van der Waals surface area (Å²) in [5.74, 6) is -0.783. The van der Waals surface area contributed by atoms with Gasteiger partial charge in [0.1, 0.15) is 6.04 Å². The van der Waals surface area contributed by atoms with Crippen LogP contribution in [0.5, 0.6) is 0 Å². The highest BCUT2D eigenvalue weighted by molar-refractivity contribution is 6.12. The highest BCUT2D eigenvalue weighted by Gasteiger charge is 2.37. The molecule has 2 aromatic carbocycles.